The minimum absolute atomic E-state index is 0.00927. The number of allylic oxidation sites excluding steroid dienone is 3. The summed E-state index contributed by atoms with van der Waals surface area (Å²) in [5.74, 6) is -1.09. The van der Waals surface area contributed by atoms with Gasteiger partial charge in [0, 0.05) is 17.7 Å². The van der Waals surface area contributed by atoms with Crippen LogP contribution in [0, 0.1) is 11.3 Å². The van der Waals surface area contributed by atoms with Crippen LogP contribution in [0.1, 0.15) is 61.6 Å². The van der Waals surface area contributed by atoms with Gasteiger partial charge in [0.2, 0.25) is 5.91 Å². The van der Waals surface area contributed by atoms with Gasteiger partial charge in [0.05, 0.1) is 39.6 Å². The van der Waals surface area contributed by atoms with E-state index < -0.39 is 23.6 Å². The Hall–Kier alpha value is -3.51. The number of hydrogen-bond acceptors (Lipinski definition) is 5. The molecule has 192 valence electrons. The van der Waals surface area contributed by atoms with Gasteiger partial charge < -0.3 is 10.6 Å². The summed E-state index contributed by atoms with van der Waals surface area (Å²) in [5.41, 5.74) is 2.33. The first-order valence-electron chi connectivity index (χ1n) is 12.0. The minimum Gasteiger partial charge on any atom is -0.352 e. The number of nitrogens with one attached hydrogen (secondary N) is 2. The number of thioether (sulfide) groups is 1. The van der Waals surface area contributed by atoms with Crippen molar-refractivity contribution >= 4 is 29.1 Å². The molecule has 0 spiro atoms. The molecule has 1 atom stereocenters. The number of dihydropyridines is 1. The van der Waals surface area contributed by atoms with E-state index in [9.17, 15) is 28.0 Å². The second-order valence-corrected chi connectivity index (χ2v) is 10.3. The van der Waals surface area contributed by atoms with Crippen molar-refractivity contribution in [3.8, 4) is 6.07 Å². The maximum Gasteiger partial charge on any atom is 0.418 e. The van der Waals surface area contributed by atoms with Crippen molar-refractivity contribution < 1.29 is 22.8 Å². The number of amides is 1. The highest BCUT2D eigenvalue weighted by molar-refractivity contribution is 8.03. The number of alkyl halides is 3. The molecule has 4 rings (SSSR count). The molecule has 9 heteroatoms. The Morgan fingerprint density at radius 1 is 1.16 bits per heavy atom. The fraction of sp³-hybridized carbons (Fsp3) is 0.321. The van der Waals surface area contributed by atoms with Gasteiger partial charge in [-0.1, -0.05) is 62.0 Å². The summed E-state index contributed by atoms with van der Waals surface area (Å²) in [7, 11) is 0. The molecule has 0 fully saturated rings. The van der Waals surface area contributed by atoms with Crippen molar-refractivity contribution in [1.29, 1.82) is 5.26 Å². The zero-order chi connectivity index (χ0) is 26.7. The highest BCUT2D eigenvalue weighted by atomic mass is 32.2. The maximum atomic E-state index is 13.3. The number of carbonyl (C=O) groups excluding carboxylic acids is 2. The Balaban J connectivity index is 1.61. The summed E-state index contributed by atoms with van der Waals surface area (Å²) in [6, 6.07) is 14.8. The highest BCUT2D eigenvalue weighted by Gasteiger charge is 2.37. The van der Waals surface area contributed by atoms with Crippen LogP contribution < -0.4 is 10.6 Å². The molecule has 2 aromatic carbocycles. The number of carbonyl (C=O) groups is 2. The fourth-order valence-corrected chi connectivity index (χ4v) is 5.47. The Labute approximate surface area is 217 Å². The summed E-state index contributed by atoms with van der Waals surface area (Å²) in [5, 5.41) is 16.1. The SMILES string of the molecule is CC(C)c1ccc(C2C(C#N)=C(SCC(=O)Nc3ccccc3C(F)(F)F)NC3=C2C(=O)CCC3)cc1. The van der Waals surface area contributed by atoms with E-state index in [4.69, 9.17) is 0 Å². The molecule has 5 nitrogen and oxygen atoms in total. The molecule has 1 amide bonds. The second kappa shape index (κ2) is 10.9. The molecule has 1 heterocycles. The molecule has 2 aromatic rings. The molecular weight excluding hydrogens is 499 g/mol. The third-order valence-corrected chi connectivity index (χ3v) is 7.47. The molecule has 0 saturated carbocycles. The molecule has 1 unspecified atom stereocenters. The lowest BCUT2D eigenvalue weighted by molar-refractivity contribution is -0.137. The Morgan fingerprint density at radius 3 is 2.51 bits per heavy atom. The van der Waals surface area contributed by atoms with E-state index in [-0.39, 0.29) is 17.2 Å². The van der Waals surface area contributed by atoms with Crippen molar-refractivity contribution in [2.24, 2.45) is 0 Å². The minimum atomic E-state index is -4.60. The van der Waals surface area contributed by atoms with Gasteiger partial charge >= 0.3 is 6.18 Å². The topological polar surface area (TPSA) is 82.0 Å². The van der Waals surface area contributed by atoms with Crippen molar-refractivity contribution in [2.75, 3.05) is 11.1 Å². The fourth-order valence-electron chi connectivity index (χ4n) is 4.61. The lowest BCUT2D eigenvalue weighted by Gasteiger charge is -2.33. The van der Waals surface area contributed by atoms with Crippen molar-refractivity contribution in [3.63, 3.8) is 0 Å². The van der Waals surface area contributed by atoms with Crippen LogP contribution >= 0.6 is 11.8 Å². The van der Waals surface area contributed by atoms with Gasteiger partial charge in [-0.25, -0.2) is 0 Å². The van der Waals surface area contributed by atoms with E-state index in [1.54, 1.807) is 0 Å². The van der Waals surface area contributed by atoms with Crippen LogP contribution in [0.5, 0.6) is 0 Å². The summed E-state index contributed by atoms with van der Waals surface area (Å²) >= 11 is 1.04. The molecule has 0 radical (unpaired) electrons. The van der Waals surface area contributed by atoms with Gasteiger partial charge in [0.15, 0.2) is 5.78 Å². The molecule has 1 aliphatic heterocycles. The van der Waals surface area contributed by atoms with Gasteiger partial charge in [0.25, 0.3) is 0 Å². The maximum absolute atomic E-state index is 13.3. The van der Waals surface area contributed by atoms with Gasteiger partial charge in [-0.2, -0.15) is 18.4 Å². The second-order valence-electron chi connectivity index (χ2n) is 9.28. The summed E-state index contributed by atoms with van der Waals surface area (Å²) in [6.07, 6.45) is -2.88. The molecule has 1 aliphatic carbocycles. The van der Waals surface area contributed by atoms with E-state index in [2.05, 4.69) is 30.6 Å². The number of anilines is 1. The Bertz CT molecular complexity index is 1320. The van der Waals surface area contributed by atoms with Crippen LogP contribution in [-0.2, 0) is 15.8 Å². The van der Waals surface area contributed by atoms with Crippen LogP contribution in [0.3, 0.4) is 0 Å². The van der Waals surface area contributed by atoms with Gasteiger partial charge in [-0.3, -0.25) is 9.59 Å². The number of rotatable bonds is 6. The lowest BCUT2D eigenvalue weighted by Crippen LogP contribution is -2.31. The average molecular weight is 526 g/mol. The van der Waals surface area contributed by atoms with Gasteiger partial charge in [-0.05, 0) is 42.0 Å². The average Bonchev–Trinajstić information content (AvgIpc) is 2.86. The first-order valence-corrected chi connectivity index (χ1v) is 12.9. The zero-order valence-corrected chi connectivity index (χ0v) is 21.2. The number of para-hydroxylation sites is 1. The number of Topliss-reactive ketones (excluding diaryl/α,β-unsaturated/α-hetero) is 1. The Morgan fingerprint density at radius 2 is 1.86 bits per heavy atom. The molecule has 0 saturated heterocycles. The van der Waals surface area contributed by atoms with Crippen LogP contribution in [0.2, 0.25) is 0 Å². The molecule has 0 aromatic heterocycles. The zero-order valence-electron chi connectivity index (χ0n) is 20.4. The van der Waals surface area contributed by atoms with Crippen molar-refractivity contribution in [1.82, 2.24) is 5.32 Å². The molecule has 2 N–H and O–H groups in total. The predicted molar refractivity (Wildman–Crippen MR) is 137 cm³/mol. The van der Waals surface area contributed by atoms with Gasteiger partial charge in [0.1, 0.15) is 0 Å². The number of halogens is 3. The lowest BCUT2D eigenvalue weighted by atomic mass is 9.76. The van der Waals surface area contributed by atoms with Crippen LogP contribution in [0.25, 0.3) is 0 Å². The van der Waals surface area contributed by atoms with E-state index in [0.717, 1.165) is 34.7 Å². The van der Waals surface area contributed by atoms with Gasteiger partial charge in [-0.15, -0.1) is 0 Å². The molecule has 0 bridgehead atoms. The summed E-state index contributed by atoms with van der Waals surface area (Å²) in [4.78, 5) is 25.6. The highest BCUT2D eigenvalue weighted by Crippen LogP contribution is 2.44. The Kier molecular flexibility index (Phi) is 7.79. The largest absolute Gasteiger partial charge is 0.418 e. The van der Waals surface area contributed by atoms with E-state index in [1.807, 2.05) is 24.3 Å². The van der Waals surface area contributed by atoms with E-state index in [1.165, 1.54) is 18.2 Å². The summed E-state index contributed by atoms with van der Waals surface area (Å²) in [6.45, 7) is 4.16. The van der Waals surface area contributed by atoms with Crippen LogP contribution in [-0.4, -0.2) is 17.4 Å². The number of hydrogen-bond donors (Lipinski definition) is 2. The van der Waals surface area contributed by atoms with Crippen LogP contribution in [0.4, 0.5) is 18.9 Å². The molecule has 2 aliphatic rings. The van der Waals surface area contributed by atoms with Crippen molar-refractivity contribution in [2.45, 2.75) is 51.1 Å². The standard InChI is InChI=1S/C28H26F3N3O2S/c1-16(2)17-10-12-18(13-11-17)25-19(14-32)27(34-22-8-5-9-23(35)26(22)25)37-15-24(36)33-21-7-4-3-6-20(21)28(29,30)31/h3-4,6-7,10-13,16,25,34H,5,8-9,15H2,1-2H3,(H,33,36). The van der Waals surface area contributed by atoms with Crippen molar-refractivity contribution in [3.05, 3.63) is 87.1 Å². The van der Waals surface area contributed by atoms with E-state index >= 15 is 0 Å². The van der Waals surface area contributed by atoms with Crippen LogP contribution in [0.15, 0.2) is 70.4 Å². The normalized spacial score (nSPS) is 17.9. The molecular formula is C28H26F3N3O2S. The summed E-state index contributed by atoms with van der Waals surface area (Å²) < 4.78 is 39.9. The quantitative estimate of drug-likeness (QED) is 0.442. The predicted octanol–water partition coefficient (Wildman–Crippen LogP) is 6.63. The number of nitrogens with zero attached hydrogens (tertiary/aromatic N) is 1. The smallest absolute Gasteiger partial charge is 0.352 e. The number of benzene rings is 2. The molecule has 37 heavy (non-hydrogen) atoms. The first kappa shape index (κ1) is 26.6. The monoisotopic (exact) mass is 525 g/mol. The number of ketones is 1. The third-order valence-electron chi connectivity index (χ3n) is 6.45. The number of nitriles is 1. The third kappa shape index (κ3) is 5.75. The van der Waals surface area contributed by atoms with E-state index in [0.29, 0.717) is 41.4 Å². The first-order chi connectivity index (χ1) is 17.6.